The van der Waals surface area contributed by atoms with Gasteiger partial charge in [0.05, 0.1) is 49.4 Å². The molecule has 5 unspecified atom stereocenters. The summed E-state index contributed by atoms with van der Waals surface area (Å²) in [5.41, 5.74) is 3.16. The average Bonchev–Trinajstić information content (AvgIpc) is 3.30. The molecule has 40 heavy (non-hydrogen) atoms. The van der Waals surface area contributed by atoms with E-state index in [1.807, 2.05) is 18.5 Å². The van der Waals surface area contributed by atoms with E-state index >= 15 is 0 Å². The van der Waals surface area contributed by atoms with Crippen molar-refractivity contribution in [2.45, 2.75) is 62.8 Å². The number of aromatic nitrogens is 3. The number of piperidine rings is 1. The molecule has 9 nitrogen and oxygen atoms in total. The Kier molecular flexibility index (Phi) is 5.98. The molecule has 0 aromatic carbocycles. The van der Waals surface area contributed by atoms with Gasteiger partial charge >= 0.3 is 0 Å². The molecule has 1 N–H and O–H groups in total. The van der Waals surface area contributed by atoms with Crippen LogP contribution in [0.15, 0.2) is 36.8 Å². The Morgan fingerprint density at radius 3 is 2.67 bits per heavy atom. The van der Waals surface area contributed by atoms with Crippen LogP contribution in [0.4, 0.5) is 5.82 Å². The molecule has 2 saturated carbocycles. The minimum atomic E-state index is -0.176. The predicted molar refractivity (Wildman–Crippen MR) is 149 cm³/mol. The molecule has 0 amide bonds. The van der Waals surface area contributed by atoms with Gasteiger partial charge in [-0.15, -0.1) is 0 Å². The zero-order valence-corrected chi connectivity index (χ0v) is 22.7. The standard InChI is InChI=1S/C31H36N6O3/c32-11-20-13-34-36-16-23(40-8-7-24-26-17-39-18-27(24)26)10-25(31(20)36)19-5-6-30(33-12-19)35-14-21-9-22(15-35)37(21)28-3-1-2-4-29(28)38/h5-6,10,12-13,16,21-22,24,26-29,38H,1-4,7-9,14-15,17-18H2/t21?,22?,24?,26?,27?,28?,29-/m1/s1. The summed E-state index contributed by atoms with van der Waals surface area (Å²) in [6.07, 6.45) is 11.9. The number of nitriles is 1. The molecule has 3 aromatic rings. The van der Waals surface area contributed by atoms with E-state index in [-0.39, 0.29) is 6.10 Å². The molecule has 2 bridgehead atoms. The first kappa shape index (κ1) is 24.6. The third-order valence-corrected chi connectivity index (χ3v) is 10.3. The molecule has 9 rings (SSSR count). The SMILES string of the molecule is N#Cc1cnn2cc(OCCC3C4COCC34)cc(-c3ccc(N4CC5CC(C4)N5C4CCCC[C@H]4O)nc3)c12. The van der Waals surface area contributed by atoms with E-state index < -0.39 is 0 Å². The molecular formula is C31H36N6O3. The molecule has 7 heterocycles. The van der Waals surface area contributed by atoms with Gasteiger partial charge in [0.1, 0.15) is 17.6 Å². The number of pyridine rings is 2. The smallest absolute Gasteiger partial charge is 0.138 e. The number of nitrogens with zero attached hydrogens (tertiary/aromatic N) is 6. The highest BCUT2D eigenvalue weighted by Gasteiger charge is 2.53. The van der Waals surface area contributed by atoms with Crippen molar-refractivity contribution >= 4 is 11.3 Å². The van der Waals surface area contributed by atoms with Crippen molar-refractivity contribution in [2.75, 3.05) is 37.8 Å². The maximum Gasteiger partial charge on any atom is 0.138 e. The Morgan fingerprint density at radius 2 is 1.93 bits per heavy atom. The monoisotopic (exact) mass is 540 g/mol. The van der Waals surface area contributed by atoms with E-state index in [1.54, 1.807) is 10.7 Å². The molecule has 4 aliphatic heterocycles. The number of fused-ring (bicyclic) bond motifs is 4. The first-order chi connectivity index (χ1) is 19.7. The number of hydrogen-bond acceptors (Lipinski definition) is 8. The van der Waals surface area contributed by atoms with Gasteiger partial charge in [-0.25, -0.2) is 9.50 Å². The van der Waals surface area contributed by atoms with E-state index in [0.717, 1.165) is 98.0 Å². The van der Waals surface area contributed by atoms with Crippen LogP contribution < -0.4 is 9.64 Å². The van der Waals surface area contributed by atoms with Crippen LogP contribution in [0.3, 0.4) is 0 Å². The normalized spacial score (nSPS) is 32.9. The number of anilines is 1. The van der Waals surface area contributed by atoms with Gasteiger partial charge < -0.3 is 19.5 Å². The molecule has 4 saturated heterocycles. The first-order valence-electron chi connectivity index (χ1n) is 15.0. The summed E-state index contributed by atoms with van der Waals surface area (Å²) in [7, 11) is 0. The van der Waals surface area contributed by atoms with Crippen LogP contribution in [-0.2, 0) is 4.74 Å². The van der Waals surface area contributed by atoms with Crippen molar-refractivity contribution in [1.29, 1.82) is 5.26 Å². The third-order valence-electron chi connectivity index (χ3n) is 10.3. The van der Waals surface area contributed by atoms with Gasteiger partial charge in [-0.1, -0.05) is 12.8 Å². The lowest BCUT2D eigenvalue weighted by Crippen LogP contribution is -2.73. The Balaban J connectivity index is 0.991. The second-order valence-electron chi connectivity index (χ2n) is 12.4. The minimum Gasteiger partial charge on any atom is -0.492 e. The van der Waals surface area contributed by atoms with Gasteiger partial charge in [-0.2, -0.15) is 10.4 Å². The molecular weight excluding hydrogens is 504 g/mol. The summed E-state index contributed by atoms with van der Waals surface area (Å²) in [5, 5.41) is 24.8. The summed E-state index contributed by atoms with van der Waals surface area (Å²) in [4.78, 5) is 9.87. The van der Waals surface area contributed by atoms with E-state index in [2.05, 4.69) is 33.1 Å². The number of hydrogen-bond donors (Lipinski definition) is 1. The highest BCUT2D eigenvalue weighted by molar-refractivity contribution is 5.85. The van der Waals surface area contributed by atoms with Gasteiger partial charge in [0.2, 0.25) is 0 Å². The number of rotatable bonds is 7. The van der Waals surface area contributed by atoms with Crippen LogP contribution in [0.1, 0.15) is 44.1 Å². The summed E-state index contributed by atoms with van der Waals surface area (Å²) in [6.45, 7) is 4.38. The molecule has 0 spiro atoms. The lowest BCUT2D eigenvalue weighted by Gasteiger charge is -2.60. The van der Waals surface area contributed by atoms with E-state index in [1.165, 1.54) is 12.8 Å². The van der Waals surface area contributed by atoms with Crippen LogP contribution in [-0.4, -0.2) is 81.7 Å². The molecule has 208 valence electrons. The molecule has 6 aliphatic rings. The molecule has 6 fully saturated rings. The van der Waals surface area contributed by atoms with Crippen molar-refractivity contribution in [3.63, 3.8) is 0 Å². The van der Waals surface area contributed by atoms with Gasteiger partial charge in [-0.3, -0.25) is 4.90 Å². The van der Waals surface area contributed by atoms with Crippen LogP contribution in [0.5, 0.6) is 5.75 Å². The van der Waals surface area contributed by atoms with Crippen molar-refractivity contribution < 1.29 is 14.6 Å². The van der Waals surface area contributed by atoms with Crippen molar-refractivity contribution in [1.82, 2.24) is 19.5 Å². The maximum absolute atomic E-state index is 10.6. The molecule has 0 radical (unpaired) electrons. The Labute approximate surface area is 234 Å². The van der Waals surface area contributed by atoms with Crippen molar-refractivity contribution in [3.8, 4) is 22.9 Å². The Hall–Kier alpha value is -3.19. The summed E-state index contributed by atoms with van der Waals surface area (Å²) < 4.78 is 13.5. The summed E-state index contributed by atoms with van der Waals surface area (Å²) in [6, 6.07) is 9.84. The summed E-state index contributed by atoms with van der Waals surface area (Å²) >= 11 is 0. The van der Waals surface area contributed by atoms with Crippen LogP contribution in [0.2, 0.25) is 0 Å². The fraction of sp³-hybridized carbons (Fsp3) is 0.581. The lowest BCUT2D eigenvalue weighted by atomic mass is 9.80. The third kappa shape index (κ3) is 4.08. The zero-order valence-electron chi connectivity index (χ0n) is 22.7. The van der Waals surface area contributed by atoms with Crippen LogP contribution >= 0.6 is 0 Å². The van der Waals surface area contributed by atoms with Gasteiger partial charge in [0, 0.05) is 48.5 Å². The van der Waals surface area contributed by atoms with Gasteiger partial charge in [-0.05, 0) is 61.6 Å². The summed E-state index contributed by atoms with van der Waals surface area (Å²) in [5.74, 6) is 3.91. The zero-order chi connectivity index (χ0) is 26.8. The van der Waals surface area contributed by atoms with E-state index in [4.69, 9.17) is 14.5 Å². The van der Waals surface area contributed by atoms with E-state index in [0.29, 0.717) is 30.3 Å². The Bertz CT molecular complexity index is 1430. The first-order valence-corrected chi connectivity index (χ1v) is 15.0. The number of ether oxygens (including phenoxy) is 2. The fourth-order valence-corrected chi connectivity index (χ4v) is 8.12. The lowest BCUT2D eigenvalue weighted by molar-refractivity contribution is -0.0928. The van der Waals surface area contributed by atoms with Crippen LogP contribution in [0.25, 0.3) is 16.6 Å². The largest absolute Gasteiger partial charge is 0.492 e. The minimum absolute atomic E-state index is 0.176. The second kappa shape index (κ2) is 9.72. The molecule has 3 aromatic heterocycles. The predicted octanol–water partition coefficient (Wildman–Crippen LogP) is 3.50. The highest BCUT2D eigenvalue weighted by Crippen LogP contribution is 2.52. The maximum atomic E-state index is 10.6. The van der Waals surface area contributed by atoms with Crippen molar-refractivity contribution in [3.05, 3.63) is 42.4 Å². The highest BCUT2D eigenvalue weighted by atomic mass is 16.5. The number of aliphatic hydroxyl groups is 1. The number of aliphatic hydroxyl groups excluding tert-OH is 1. The van der Waals surface area contributed by atoms with E-state index in [9.17, 15) is 10.4 Å². The van der Waals surface area contributed by atoms with Gasteiger partial charge in [0.25, 0.3) is 0 Å². The number of piperazine rings is 1. The topological polar surface area (TPSA) is 99.2 Å². The second-order valence-corrected chi connectivity index (χ2v) is 12.4. The van der Waals surface area contributed by atoms with Crippen LogP contribution in [0, 0.1) is 29.1 Å². The average molecular weight is 541 g/mol. The molecule has 2 aliphatic carbocycles. The molecule has 6 atom stereocenters. The Morgan fingerprint density at radius 1 is 1.10 bits per heavy atom. The fourth-order valence-electron chi connectivity index (χ4n) is 8.12. The van der Waals surface area contributed by atoms with Gasteiger partial charge in [0.15, 0.2) is 0 Å². The van der Waals surface area contributed by atoms with Crippen molar-refractivity contribution in [2.24, 2.45) is 17.8 Å². The quantitative estimate of drug-likeness (QED) is 0.486. The molecule has 9 heteroatoms.